The van der Waals surface area contributed by atoms with Gasteiger partial charge in [0, 0.05) is 18.6 Å². The van der Waals surface area contributed by atoms with Crippen molar-refractivity contribution in [2.45, 2.75) is 51.4 Å². The lowest BCUT2D eigenvalue weighted by molar-refractivity contribution is 0.0183. The molecular weight excluding hydrogens is 361 g/mol. The van der Waals surface area contributed by atoms with Gasteiger partial charge >= 0.3 is 0 Å². The van der Waals surface area contributed by atoms with Gasteiger partial charge in [-0.25, -0.2) is 4.39 Å². The Labute approximate surface area is 173 Å². The van der Waals surface area contributed by atoms with Crippen molar-refractivity contribution in [3.05, 3.63) is 107 Å². The van der Waals surface area contributed by atoms with Crippen LogP contribution in [-0.2, 0) is 6.54 Å². The Morgan fingerprint density at radius 3 is 1.93 bits per heavy atom. The molecule has 2 unspecified atom stereocenters. The number of hydrogen-bond donors (Lipinski definition) is 1. The van der Waals surface area contributed by atoms with Crippen molar-refractivity contribution >= 4 is 0 Å². The Hall–Kier alpha value is -2.49. The lowest BCUT2D eigenvalue weighted by Crippen LogP contribution is -2.36. The van der Waals surface area contributed by atoms with E-state index >= 15 is 0 Å². The van der Waals surface area contributed by atoms with Gasteiger partial charge in [-0.1, -0.05) is 72.8 Å². The molecule has 2 nitrogen and oxygen atoms in total. The van der Waals surface area contributed by atoms with E-state index in [4.69, 9.17) is 0 Å². The summed E-state index contributed by atoms with van der Waals surface area (Å²) in [6, 6.07) is 27.5. The van der Waals surface area contributed by atoms with Gasteiger partial charge < -0.3 is 5.11 Å². The summed E-state index contributed by atoms with van der Waals surface area (Å²) in [6.45, 7) is 6.59. The van der Waals surface area contributed by atoms with Crippen LogP contribution in [0.25, 0.3) is 0 Å². The fourth-order valence-electron chi connectivity index (χ4n) is 3.82. The summed E-state index contributed by atoms with van der Waals surface area (Å²) in [5.41, 5.74) is 2.57. The fraction of sp³-hybridized carbons (Fsp3) is 0.308. The smallest absolute Gasteiger partial charge is 0.123 e. The summed E-state index contributed by atoms with van der Waals surface area (Å²) < 4.78 is 13.6. The molecule has 1 N–H and O–H groups in total. The summed E-state index contributed by atoms with van der Waals surface area (Å²) in [7, 11) is 0. The maximum atomic E-state index is 13.6. The maximum Gasteiger partial charge on any atom is 0.123 e. The highest BCUT2D eigenvalue weighted by Crippen LogP contribution is 2.37. The van der Waals surface area contributed by atoms with Crippen LogP contribution in [0.1, 0.15) is 56.0 Å². The van der Waals surface area contributed by atoms with Gasteiger partial charge in [0.1, 0.15) is 5.82 Å². The molecule has 0 bridgehead atoms. The van der Waals surface area contributed by atoms with Crippen molar-refractivity contribution in [1.29, 1.82) is 0 Å². The Morgan fingerprint density at radius 2 is 1.38 bits per heavy atom. The summed E-state index contributed by atoms with van der Waals surface area (Å²) in [5.74, 6) is -0.249. The van der Waals surface area contributed by atoms with Gasteiger partial charge in [0.15, 0.2) is 0 Å². The molecular formula is C26H30FNO. The molecule has 0 radical (unpaired) electrons. The summed E-state index contributed by atoms with van der Waals surface area (Å²) in [5, 5.41) is 10.7. The minimum Gasteiger partial charge on any atom is -0.390 e. The number of hydrogen-bond acceptors (Lipinski definition) is 2. The van der Waals surface area contributed by atoms with E-state index < -0.39 is 5.60 Å². The molecule has 0 saturated heterocycles. The minimum absolute atomic E-state index is 0.0639. The summed E-state index contributed by atoms with van der Waals surface area (Å²) in [4.78, 5) is 2.40. The summed E-state index contributed by atoms with van der Waals surface area (Å²) in [6.07, 6.45) is 0.544. The molecule has 0 aliphatic heterocycles. The average Bonchev–Trinajstić information content (AvgIpc) is 2.71. The molecule has 0 aromatic heterocycles. The first-order valence-electron chi connectivity index (χ1n) is 10.2. The predicted molar refractivity (Wildman–Crippen MR) is 117 cm³/mol. The van der Waals surface area contributed by atoms with E-state index in [1.807, 2.05) is 50.2 Å². The standard InChI is InChI=1S/C26H30FNO/c1-20(22-12-8-5-9-13-22)28(19-21-10-6-4-7-11-21)25(18-26(2,3)29)23-14-16-24(27)17-15-23/h4-17,20,25,29H,18-19H2,1-3H3. The van der Waals surface area contributed by atoms with Gasteiger partial charge in [0.25, 0.3) is 0 Å². The number of benzene rings is 3. The van der Waals surface area contributed by atoms with Gasteiger partial charge in [0.05, 0.1) is 5.60 Å². The second-order valence-corrected chi connectivity index (χ2v) is 8.33. The molecule has 0 aliphatic carbocycles. The molecule has 3 aromatic rings. The quantitative estimate of drug-likeness (QED) is 0.488. The number of nitrogens with zero attached hydrogens (tertiary/aromatic N) is 1. The number of aliphatic hydroxyl groups is 1. The van der Waals surface area contributed by atoms with Crippen LogP contribution in [0.5, 0.6) is 0 Å². The van der Waals surface area contributed by atoms with E-state index in [0.29, 0.717) is 6.42 Å². The molecule has 3 aromatic carbocycles. The van der Waals surface area contributed by atoms with Crippen molar-refractivity contribution in [2.24, 2.45) is 0 Å². The van der Waals surface area contributed by atoms with Crippen molar-refractivity contribution in [2.75, 3.05) is 0 Å². The number of halogens is 1. The van der Waals surface area contributed by atoms with Gasteiger partial charge in [-0.3, -0.25) is 4.90 Å². The maximum absolute atomic E-state index is 13.6. The largest absolute Gasteiger partial charge is 0.390 e. The lowest BCUT2D eigenvalue weighted by Gasteiger charge is -2.39. The highest BCUT2D eigenvalue weighted by Gasteiger charge is 2.30. The first kappa shape index (κ1) is 21.2. The van der Waals surface area contributed by atoms with Crippen LogP contribution in [0.2, 0.25) is 0 Å². The summed E-state index contributed by atoms with van der Waals surface area (Å²) >= 11 is 0. The number of rotatable bonds is 8. The van der Waals surface area contributed by atoms with Crippen LogP contribution >= 0.6 is 0 Å². The Balaban J connectivity index is 2.04. The zero-order valence-corrected chi connectivity index (χ0v) is 17.4. The minimum atomic E-state index is -0.857. The molecule has 29 heavy (non-hydrogen) atoms. The SMILES string of the molecule is CC(c1ccccc1)N(Cc1ccccc1)C(CC(C)(C)O)c1ccc(F)cc1. The van der Waals surface area contributed by atoms with Gasteiger partial charge in [-0.2, -0.15) is 0 Å². The predicted octanol–water partition coefficient (Wildman–Crippen LogP) is 6.29. The van der Waals surface area contributed by atoms with Gasteiger partial charge in [0.2, 0.25) is 0 Å². The van der Waals surface area contributed by atoms with E-state index in [-0.39, 0.29) is 17.9 Å². The molecule has 2 atom stereocenters. The lowest BCUT2D eigenvalue weighted by atomic mass is 9.90. The van der Waals surface area contributed by atoms with E-state index in [0.717, 1.165) is 12.1 Å². The third-order valence-electron chi connectivity index (χ3n) is 5.34. The highest BCUT2D eigenvalue weighted by molar-refractivity contribution is 5.25. The van der Waals surface area contributed by atoms with Crippen molar-refractivity contribution < 1.29 is 9.50 Å². The second kappa shape index (κ2) is 9.34. The second-order valence-electron chi connectivity index (χ2n) is 8.33. The molecule has 3 heteroatoms. The van der Waals surface area contributed by atoms with E-state index in [9.17, 15) is 9.50 Å². The zero-order valence-electron chi connectivity index (χ0n) is 17.4. The van der Waals surface area contributed by atoms with Crippen molar-refractivity contribution in [3.8, 4) is 0 Å². The molecule has 0 aliphatic rings. The van der Waals surface area contributed by atoms with Crippen LogP contribution in [0, 0.1) is 5.82 Å². The van der Waals surface area contributed by atoms with E-state index in [1.54, 1.807) is 0 Å². The topological polar surface area (TPSA) is 23.5 Å². The normalized spacial score (nSPS) is 14.0. The van der Waals surface area contributed by atoms with E-state index in [1.165, 1.54) is 23.3 Å². The highest BCUT2D eigenvalue weighted by atomic mass is 19.1. The van der Waals surface area contributed by atoms with Crippen LogP contribution in [-0.4, -0.2) is 15.6 Å². The average molecular weight is 392 g/mol. The molecule has 152 valence electrons. The molecule has 0 amide bonds. The van der Waals surface area contributed by atoms with E-state index in [2.05, 4.69) is 48.2 Å². The monoisotopic (exact) mass is 391 g/mol. The van der Waals surface area contributed by atoms with Crippen molar-refractivity contribution in [3.63, 3.8) is 0 Å². The molecule has 3 rings (SSSR count). The Bertz CT molecular complexity index is 872. The van der Waals surface area contributed by atoms with Crippen LogP contribution in [0.15, 0.2) is 84.9 Å². The van der Waals surface area contributed by atoms with Crippen LogP contribution in [0.4, 0.5) is 4.39 Å². The first-order valence-corrected chi connectivity index (χ1v) is 10.2. The Kier molecular flexibility index (Phi) is 6.83. The first-order chi connectivity index (χ1) is 13.8. The van der Waals surface area contributed by atoms with Crippen molar-refractivity contribution in [1.82, 2.24) is 4.90 Å². The van der Waals surface area contributed by atoms with Crippen LogP contribution < -0.4 is 0 Å². The molecule has 0 spiro atoms. The third-order valence-corrected chi connectivity index (χ3v) is 5.34. The van der Waals surface area contributed by atoms with Gasteiger partial charge in [-0.15, -0.1) is 0 Å². The molecule has 0 saturated carbocycles. The third kappa shape index (κ3) is 5.99. The zero-order chi connectivity index (χ0) is 20.9. The van der Waals surface area contributed by atoms with Crippen LogP contribution in [0.3, 0.4) is 0 Å². The molecule has 0 fully saturated rings. The van der Waals surface area contributed by atoms with Gasteiger partial charge in [-0.05, 0) is 56.0 Å². The Morgan fingerprint density at radius 1 is 0.828 bits per heavy atom. The fourth-order valence-corrected chi connectivity index (χ4v) is 3.82. The molecule has 0 heterocycles.